The van der Waals surface area contributed by atoms with Crippen LogP contribution in [0.2, 0.25) is 0 Å². The summed E-state index contributed by atoms with van der Waals surface area (Å²) in [6, 6.07) is 0. The molecule has 226 valence electrons. The molecular weight excluding hydrogens is 536 g/mol. The maximum atomic E-state index is 13.0. The van der Waals surface area contributed by atoms with Gasteiger partial charge in [0, 0.05) is 58.5 Å². The normalized spacial score (nSPS) is 42.2. The molecule has 0 amide bonds. The number of rotatable bonds is 5. The quantitative estimate of drug-likeness (QED) is 0.187. The lowest BCUT2D eigenvalue weighted by atomic mass is 9.55. The van der Waals surface area contributed by atoms with Crippen molar-refractivity contribution in [2.75, 3.05) is 0 Å². The first kappa shape index (κ1) is 28.9. The van der Waals surface area contributed by atoms with Gasteiger partial charge in [-0.15, -0.1) is 0 Å². The molecular formula is C34H42O8. The van der Waals surface area contributed by atoms with Crippen LogP contribution < -0.4 is 0 Å². The minimum Gasteiger partial charge on any atom is -0.461 e. The highest BCUT2D eigenvalue weighted by Crippen LogP contribution is 2.58. The predicted molar refractivity (Wildman–Crippen MR) is 152 cm³/mol. The van der Waals surface area contributed by atoms with E-state index in [2.05, 4.69) is 53.0 Å². The largest absolute Gasteiger partial charge is 0.461 e. The fraction of sp³-hybridized carbons (Fsp3) is 0.647. The van der Waals surface area contributed by atoms with Crippen LogP contribution in [0.15, 0.2) is 47.6 Å². The number of carbonyl (C=O) groups excluding carboxylic acids is 4. The molecule has 0 aromatic heterocycles. The number of hydrogen-bond donors (Lipinski definition) is 0. The fourth-order valence-electron chi connectivity index (χ4n) is 9.20. The topological polar surface area (TPSA) is 105 Å². The molecule has 2 saturated heterocycles. The van der Waals surface area contributed by atoms with Crippen molar-refractivity contribution in [2.24, 2.45) is 34.5 Å². The zero-order chi connectivity index (χ0) is 30.1. The number of carbonyl (C=O) groups is 4. The van der Waals surface area contributed by atoms with E-state index in [4.69, 9.17) is 18.9 Å². The molecule has 10 atom stereocenters. The summed E-state index contributed by atoms with van der Waals surface area (Å²) < 4.78 is 23.6. The van der Waals surface area contributed by atoms with Crippen molar-refractivity contribution in [1.82, 2.24) is 0 Å². The van der Waals surface area contributed by atoms with Crippen LogP contribution in [0.25, 0.3) is 0 Å². The summed E-state index contributed by atoms with van der Waals surface area (Å²) in [5, 5.41) is 0. The number of esters is 4. The summed E-state index contributed by atoms with van der Waals surface area (Å²) in [4.78, 5) is 50.6. The van der Waals surface area contributed by atoms with Gasteiger partial charge in [0.15, 0.2) is 0 Å². The SMILES string of the molecule is C=C1C(=O)O[C@@H]2[C@H]3C(C)=CC[C@@H](OC(=O)CCC(=O)O[C@@H]4CC=C(C)[C@@H]5[C@H]6OC(=O)C(=C)[C@@H]6CC[C@]54C)[C@]3(C)CC[C@@H]12. The Kier molecular flexibility index (Phi) is 7.05. The number of hydrogen-bond acceptors (Lipinski definition) is 8. The van der Waals surface area contributed by atoms with Crippen LogP contribution >= 0.6 is 0 Å². The van der Waals surface area contributed by atoms with Gasteiger partial charge in [0.1, 0.15) is 24.4 Å². The Balaban J connectivity index is 1.07. The molecule has 6 aliphatic rings. The molecule has 42 heavy (non-hydrogen) atoms. The van der Waals surface area contributed by atoms with Gasteiger partial charge in [0.05, 0.1) is 12.8 Å². The van der Waals surface area contributed by atoms with E-state index in [0.29, 0.717) is 24.0 Å². The fourth-order valence-corrected chi connectivity index (χ4v) is 9.20. The van der Waals surface area contributed by atoms with Crippen LogP contribution in [-0.4, -0.2) is 48.3 Å². The molecule has 0 aromatic carbocycles. The minimum absolute atomic E-state index is 0.00221. The maximum Gasteiger partial charge on any atom is 0.334 e. The molecule has 0 spiro atoms. The van der Waals surface area contributed by atoms with Crippen LogP contribution in [0.1, 0.15) is 79.1 Å². The second kappa shape index (κ2) is 10.2. The zero-order valence-corrected chi connectivity index (χ0v) is 25.1. The van der Waals surface area contributed by atoms with Crippen molar-refractivity contribution in [3.8, 4) is 0 Å². The van der Waals surface area contributed by atoms with E-state index in [1.807, 2.05) is 0 Å². The first-order valence-electron chi connectivity index (χ1n) is 15.4. The lowest BCUT2D eigenvalue weighted by molar-refractivity contribution is -0.174. The smallest absolute Gasteiger partial charge is 0.334 e. The highest BCUT2D eigenvalue weighted by Gasteiger charge is 2.60. The van der Waals surface area contributed by atoms with E-state index in [9.17, 15) is 19.2 Å². The summed E-state index contributed by atoms with van der Waals surface area (Å²) in [7, 11) is 0. The highest BCUT2D eigenvalue weighted by atomic mass is 16.6. The zero-order valence-electron chi connectivity index (χ0n) is 25.1. The van der Waals surface area contributed by atoms with Gasteiger partial charge in [-0.25, -0.2) is 9.59 Å². The summed E-state index contributed by atoms with van der Waals surface area (Å²) in [6.45, 7) is 16.3. The van der Waals surface area contributed by atoms with Gasteiger partial charge in [-0.05, 0) is 39.5 Å². The molecule has 0 N–H and O–H groups in total. The van der Waals surface area contributed by atoms with E-state index in [1.165, 1.54) is 0 Å². The summed E-state index contributed by atoms with van der Waals surface area (Å²) in [5.74, 6) is -1.61. The monoisotopic (exact) mass is 578 g/mol. The third kappa shape index (κ3) is 4.39. The van der Waals surface area contributed by atoms with Gasteiger partial charge in [0.25, 0.3) is 0 Å². The summed E-state index contributed by atoms with van der Waals surface area (Å²) in [6.07, 6.45) is 7.02. The molecule has 2 heterocycles. The van der Waals surface area contributed by atoms with Crippen molar-refractivity contribution in [3.63, 3.8) is 0 Å². The molecule has 0 bridgehead atoms. The maximum absolute atomic E-state index is 13.0. The van der Waals surface area contributed by atoms with Gasteiger partial charge in [-0.1, -0.05) is 50.3 Å². The van der Waals surface area contributed by atoms with Gasteiger partial charge >= 0.3 is 23.9 Å². The van der Waals surface area contributed by atoms with Crippen molar-refractivity contribution >= 4 is 23.9 Å². The average Bonchev–Trinajstić information content (AvgIpc) is 3.39. The Morgan fingerprint density at radius 1 is 0.786 bits per heavy atom. The lowest BCUT2D eigenvalue weighted by Crippen LogP contribution is -2.53. The molecule has 8 heteroatoms. The Hall–Kier alpha value is -3.16. The lowest BCUT2D eigenvalue weighted by Gasteiger charge is -2.52. The number of ether oxygens (including phenoxy) is 4. The molecule has 8 nitrogen and oxygen atoms in total. The third-order valence-electron chi connectivity index (χ3n) is 11.6. The Morgan fingerprint density at radius 3 is 1.55 bits per heavy atom. The van der Waals surface area contributed by atoms with Gasteiger partial charge < -0.3 is 18.9 Å². The van der Waals surface area contributed by atoms with E-state index in [1.54, 1.807) is 0 Å². The van der Waals surface area contributed by atoms with Crippen LogP contribution in [0.3, 0.4) is 0 Å². The van der Waals surface area contributed by atoms with Crippen molar-refractivity contribution < 1.29 is 38.1 Å². The highest BCUT2D eigenvalue weighted by molar-refractivity contribution is 5.91. The molecule has 2 aliphatic heterocycles. The summed E-state index contributed by atoms with van der Waals surface area (Å²) >= 11 is 0. The second-order valence-corrected chi connectivity index (χ2v) is 13.9. The van der Waals surface area contributed by atoms with E-state index in [0.717, 1.165) is 36.8 Å². The Morgan fingerprint density at radius 2 is 1.17 bits per heavy atom. The van der Waals surface area contributed by atoms with Crippen molar-refractivity contribution in [1.29, 1.82) is 0 Å². The van der Waals surface area contributed by atoms with Gasteiger partial charge in [-0.3, -0.25) is 9.59 Å². The van der Waals surface area contributed by atoms with Crippen molar-refractivity contribution in [2.45, 2.75) is 103 Å². The standard InChI is InChI=1S/C34H42O8/c1-17-7-9-23(33(5)15-13-21-19(3)31(37)41-29(21)27(17)33)39-25(35)11-12-26(36)40-24-10-8-18(2)28-30-22(14-16-34(24,28)6)20(4)32(38)42-30/h7-8,21-24,27-30H,3-4,9-16H2,1-2,5-6H3/t21-,22-,23+,24+,27+,28+,29-,30-,33-,34-/m0/s1. The molecule has 0 unspecified atom stereocenters. The van der Waals surface area contributed by atoms with Crippen LogP contribution in [0.5, 0.6) is 0 Å². The van der Waals surface area contributed by atoms with Gasteiger partial charge in [0.2, 0.25) is 0 Å². The van der Waals surface area contributed by atoms with Crippen LogP contribution in [0, 0.1) is 34.5 Å². The van der Waals surface area contributed by atoms with E-state index in [-0.39, 0.29) is 83.7 Å². The molecule has 0 radical (unpaired) electrons. The molecule has 2 saturated carbocycles. The molecule has 4 fully saturated rings. The number of fused-ring (bicyclic) bond motifs is 6. The van der Waals surface area contributed by atoms with E-state index >= 15 is 0 Å². The third-order valence-corrected chi connectivity index (χ3v) is 11.6. The first-order valence-corrected chi connectivity index (χ1v) is 15.4. The molecule has 6 rings (SSSR count). The van der Waals surface area contributed by atoms with Crippen LogP contribution in [0.4, 0.5) is 0 Å². The second-order valence-electron chi connectivity index (χ2n) is 13.9. The van der Waals surface area contributed by atoms with Crippen LogP contribution in [-0.2, 0) is 38.1 Å². The first-order chi connectivity index (χ1) is 19.8. The molecule has 0 aromatic rings. The van der Waals surface area contributed by atoms with Gasteiger partial charge in [-0.2, -0.15) is 0 Å². The Bertz CT molecular complexity index is 1220. The predicted octanol–water partition coefficient (Wildman–Crippen LogP) is 5.32. The van der Waals surface area contributed by atoms with Crippen molar-refractivity contribution in [3.05, 3.63) is 47.6 Å². The summed E-state index contributed by atoms with van der Waals surface area (Å²) in [5.41, 5.74) is 2.65. The minimum atomic E-state index is -0.430. The van der Waals surface area contributed by atoms with E-state index < -0.39 is 11.9 Å². The molecule has 4 aliphatic carbocycles. The Labute approximate surface area is 247 Å². The average molecular weight is 579 g/mol.